The first-order chi connectivity index (χ1) is 17.9. The average Bonchev–Trinajstić information content (AvgIpc) is 2.88. The molecule has 1 aliphatic rings. The number of piperidine rings is 1. The van der Waals surface area contributed by atoms with Crippen LogP contribution in [0.1, 0.15) is 35.4 Å². The minimum atomic E-state index is -0.505. The first kappa shape index (κ1) is 25.8. The number of carbonyl (C=O) groups is 2. The number of aromatic nitrogens is 2. The molecule has 2 heterocycles. The first-order valence-corrected chi connectivity index (χ1v) is 12.2. The van der Waals surface area contributed by atoms with Crippen molar-refractivity contribution >= 4 is 40.6 Å². The van der Waals surface area contributed by atoms with E-state index in [0.717, 1.165) is 34.5 Å². The van der Waals surface area contributed by atoms with Gasteiger partial charge < -0.3 is 20.9 Å². The van der Waals surface area contributed by atoms with Crippen molar-refractivity contribution in [2.75, 3.05) is 35.7 Å². The van der Waals surface area contributed by atoms with Gasteiger partial charge in [0.15, 0.2) is 0 Å². The van der Waals surface area contributed by atoms with Crippen LogP contribution in [0.5, 0.6) is 0 Å². The summed E-state index contributed by atoms with van der Waals surface area (Å²) >= 11 is 0. The molecule has 9 heteroatoms. The van der Waals surface area contributed by atoms with Gasteiger partial charge in [0, 0.05) is 48.3 Å². The Morgan fingerprint density at radius 1 is 1.16 bits per heavy atom. The van der Waals surface area contributed by atoms with Crippen LogP contribution in [0.3, 0.4) is 0 Å². The molecular weight excluding hydrogens is 471 g/mol. The Bertz CT molecular complexity index is 1310. The van der Waals surface area contributed by atoms with E-state index in [1.165, 1.54) is 6.08 Å². The van der Waals surface area contributed by atoms with Gasteiger partial charge in [-0.25, -0.2) is 9.37 Å². The fourth-order valence-electron chi connectivity index (χ4n) is 4.34. The van der Waals surface area contributed by atoms with Crippen LogP contribution in [0, 0.1) is 13.8 Å². The molecular formula is C28H31FN6O2. The molecule has 4 rings (SSSR count). The zero-order valence-corrected chi connectivity index (χ0v) is 21.1. The van der Waals surface area contributed by atoms with Crippen molar-refractivity contribution in [1.29, 1.82) is 0 Å². The quantitative estimate of drug-likeness (QED) is 0.340. The number of carbonyl (C=O) groups excluding carboxylic acids is 2. The van der Waals surface area contributed by atoms with Gasteiger partial charge in [0.05, 0.1) is 0 Å². The number of alkyl halides is 1. The molecule has 1 aromatic heterocycles. The van der Waals surface area contributed by atoms with Crippen molar-refractivity contribution in [2.24, 2.45) is 0 Å². The second-order valence-corrected chi connectivity index (χ2v) is 9.08. The molecule has 3 N–H and O–H groups in total. The summed E-state index contributed by atoms with van der Waals surface area (Å²) in [4.78, 5) is 34.6. The van der Waals surface area contributed by atoms with Crippen LogP contribution in [-0.4, -0.2) is 46.4 Å². The van der Waals surface area contributed by atoms with Gasteiger partial charge >= 0.3 is 0 Å². The molecule has 0 aliphatic carbocycles. The van der Waals surface area contributed by atoms with Gasteiger partial charge in [-0.2, -0.15) is 4.98 Å². The summed E-state index contributed by atoms with van der Waals surface area (Å²) in [5.41, 5.74) is 5.26. The lowest BCUT2D eigenvalue weighted by Crippen LogP contribution is -2.39. The second kappa shape index (κ2) is 11.6. The van der Waals surface area contributed by atoms with Crippen molar-refractivity contribution < 1.29 is 14.0 Å². The van der Waals surface area contributed by atoms with E-state index in [9.17, 15) is 14.0 Å². The van der Waals surface area contributed by atoms with E-state index in [0.29, 0.717) is 30.4 Å². The predicted octanol–water partition coefficient (Wildman–Crippen LogP) is 5.38. The van der Waals surface area contributed by atoms with Crippen molar-refractivity contribution in [3.8, 4) is 0 Å². The summed E-state index contributed by atoms with van der Waals surface area (Å²) < 4.78 is 12.6. The van der Waals surface area contributed by atoms with Crippen LogP contribution in [0.15, 0.2) is 61.3 Å². The standard InChI is InChI=1S/C28H31FN6O2/c1-4-25(36)31-22-6-5-7-23(16-22)32-27-19(3)17-30-28(34-27)33-24-9-8-20(14-18(24)2)21-10-12-35(13-11-29)26(37)15-21/h4-9,14,16-17,21H,1,10-13,15H2,2-3H3,(H,31,36)(H2,30,32,33,34). The van der Waals surface area contributed by atoms with Gasteiger partial charge in [-0.05, 0) is 67.7 Å². The van der Waals surface area contributed by atoms with E-state index in [1.807, 2.05) is 44.2 Å². The van der Waals surface area contributed by atoms with Gasteiger partial charge in [0.25, 0.3) is 0 Å². The van der Waals surface area contributed by atoms with E-state index in [1.54, 1.807) is 17.2 Å². The van der Waals surface area contributed by atoms with Gasteiger partial charge in [0.1, 0.15) is 12.5 Å². The van der Waals surface area contributed by atoms with Crippen molar-refractivity contribution in [2.45, 2.75) is 32.6 Å². The Labute approximate surface area is 216 Å². The maximum atomic E-state index is 12.6. The maximum absolute atomic E-state index is 12.6. The third-order valence-corrected chi connectivity index (χ3v) is 6.39. The molecule has 37 heavy (non-hydrogen) atoms. The molecule has 0 saturated carbocycles. The van der Waals surface area contributed by atoms with E-state index < -0.39 is 6.67 Å². The topological polar surface area (TPSA) is 99.2 Å². The Morgan fingerprint density at radius 2 is 1.97 bits per heavy atom. The van der Waals surface area contributed by atoms with Gasteiger partial charge in [0.2, 0.25) is 17.8 Å². The molecule has 1 fully saturated rings. The fraction of sp³-hybridized carbons (Fsp3) is 0.286. The average molecular weight is 503 g/mol. The number of likely N-dealkylation sites (tertiary alicyclic amines) is 1. The monoisotopic (exact) mass is 502 g/mol. The maximum Gasteiger partial charge on any atom is 0.247 e. The highest BCUT2D eigenvalue weighted by atomic mass is 19.1. The molecule has 192 valence electrons. The Kier molecular flexibility index (Phi) is 8.12. The van der Waals surface area contributed by atoms with Gasteiger partial charge in [-0.15, -0.1) is 0 Å². The minimum absolute atomic E-state index is 0.00969. The summed E-state index contributed by atoms with van der Waals surface area (Å²) in [6.07, 6.45) is 4.19. The van der Waals surface area contributed by atoms with Crippen LogP contribution in [-0.2, 0) is 9.59 Å². The molecule has 2 aromatic carbocycles. The van der Waals surface area contributed by atoms with Crippen LogP contribution < -0.4 is 16.0 Å². The summed E-state index contributed by atoms with van der Waals surface area (Å²) in [6, 6.07) is 13.4. The Balaban J connectivity index is 1.45. The predicted molar refractivity (Wildman–Crippen MR) is 144 cm³/mol. The number of hydrogen-bond acceptors (Lipinski definition) is 6. The van der Waals surface area contributed by atoms with Crippen molar-refractivity contribution in [3.63, 3.8) is 0 Å². The number of rotatable bonds is 9. The largest absolute Gasteiger partial charge is 0.340 e. The summed E-state index contributed by atoms with van der Waals surface area (Å²) in [5, 5.41) is 9.31. The van der Waals surface area contributed by atoms with E-state index in [2.05, 4.69) is 38.6 Å². The van der Waals surface area contributed by atoms with E-state index in [-0.39, 0.29) is 24.3 Å². The SMILES string of the molecule is C=CC(=O)Nc1cccc(Nc2nc(Nc3ccc(C4CCN(CCF)C(=O)C4)cc3C)ncc2C)c1. The van der Waals surface area contributed by atoms with Gasteiger partial charge in [-0.3, -0.25) is 9.59 Å². The molecule has 0 radical (unpaired) electrons. The molecule has 1 atom stereocenters. The second-order valence-electron chi connectivity index (χ2n) is 9.08. The highest BCUT2D eigenvalue weighted by Crippen LogP contribution is 2.32. The first-order valence-electron chi connectivity index (χ1n) is 12.2. The number of benzene rings is 2. The van der Waals surface area contributed by atoms with Crippen LogP contribution in [0.2, 0.25) is 0 Å². The Hall–Kier alpha value is -4.27. The van der Waals surface area contributed by atoms with Crippen LogP contribution in [0.25, 0.3) is 0 Å². The highest BCUT2D eigenvalue weighted by Gasteiger charge is 2.26. The lowest BCUT2D eigenvalue weighted by atomic mass is 9.88. The third kappa shape index (κ3) is 6.49. The minimum Gasteiger partial charge on any atom is -0.340 e. The summed E-state index contributed by atoms with van der Waals surface area (Å²) in [5.74, 6) is 0.939. The zero-order valence-electron chi connectivity index (χ0n) is 21.1. The third-order valence-electron chi connectivity index (χ3n) is 6.39. The van der Waals surface area contributed by atoms with Crippen molar-refractivity contribution in [1.82, 2.24) is 14.9 Å². The number of amides is 2. The number of nitrogens with zero attached hydrogens (tertiary/aromatic N) is 3. The van der Waals surface area contributed by atoms with Gasteiger partial charge in [-0.1, -0.05) is 24.8 Å². The molecule has 3 aromatic rings. The zero-order chi connectivity index (χ0) is 26.4. The molecule has 2 amide bonds. The number of aryl methyl sites for hydroxylation is 2. The number of halogens is 1. The highest BCUT2D eigenvalue weighted by molar-refractivity contribution is 5.99. The Morgan fingerprint density at radius 3 is 2.70 bits per heavy atom. The lowest BCUT2D eigenvalue weighted by molar-refractivity contribution is -0.134. The smallest absolute Gasteiger partial charge is 0.247 e. The number of hydrogen-bond donors (Lipinski definition) is 3. The van der Waals surface area contributed by atoms with Crippen LogP contribution >= 0.6 is 0 Å². The molecule has 0 spiro atoms. The van der Waals surface area contributed by atoms with Crippen LogP contribution in [0.4, 0.5) is 33.2 Å². The molecule has 1 saturated heterocycles. The molecule has 1 unspecified atom stereocenters. The molecule has 0 bridgehead atoms. The van der Waals surface area contributed by atoms with E-state index in [4.69, 9.17) is 0 Å². The van der Waals surface area contributed by atoms with Crippen molar-refractivity contribution in [3.05, 3.63) is 78.0 Å². The normalized spacial score (nSPS) is 15.3. The number of nitrogens with one attached hydrogen (secondary N) is 3. The summed E-state index contributed by atoms with van der Waals surface area (Å²) in [6.45, 7) is 7.65. The van der Waals surface area contributed by atoms with E-state index >= 15 is 0 Å². The summed E-state index contributed by atoms with van der Waals surface area (Å²) in [7, 11) is 0. The molecule has 1 aliphatic heterocycles. The lowest BCUT2D eigenvalue weighted by Gasteiger charge is -2.31. The number of anilines is 5. The fourth-order valence-corrected chi connectivity index (χ4v) is 4.34. The molecule has 8 nitrogen and oxygen atoms in total.